The molecule has 0 spiro atoms. The Morgan fingerprint density at radius 2 is 1.75 bits per heavy atom. The molecule has 0 aromatic heterocycles. The molecular weight excluding hydrogens is 355 g/mol. The second kappa shape index (κ2) is 6.96. The van der Waals surface area contributed by atoms with Gasteiger partial charge in [-0.1, -0.05) is 11.6 Å². The van der Waals surface area contributed by atoms with Gasteiger partial charge in [0, 0.05) is 24.5 Å². The molecular formula is C16H16ClFN2O3S. The predicted molar refractivity (Wildman–Crippen MR) is 91.7 cm³/mol. The molecule has 24 heavy (non-hydrogen) atoms. The topological polar surface area (TPSA) is 58.6 Å². The molecule has 1 saturated heterocycles. The number of benzene rings is 2. The smallest absolute Gasteiger partial charge is 0.261 e. The molecule has 2 aromatic rings. The molecule has 0 atom stereocenters. The zero-order chi connectivity index (χ0) is 17.2. The van der Waals surface area contributed by atoms with Gasteiger partial charge < -0.3 is 9.64 Å². The van der Waals surface area contributed by atoms with Gasteiger partial charge in [0.2, 0.25) is 0 Å². The van der Waals surface area contributed by atoms with Crippen LogP contribution in [-0.4, -0.2) is 34.7 Å². The summed E-state index contributed by atoms with van der Waals surface area (Å²) < 4.78 is 45.6. The summed E-state index contributed by atoms with van der Waals surface area (Å²) in [6.45, 7) is 2.97. The van der Waals surface area contributed by atoms with Crippen LogP contribution in [0.5, 0.6) is 0 Å². The molecule has 0 saturated carbocycles. The molecule has 1 aliphatic rings. The first kappa shape index (κ1) is 17.0. The van der Waals surface area contributed by atoms with Gasteiger partial charge in [-0.25, -0.2) is 12.8 Å². The van der Waals surface area contributed by atoms with E-state index in [0.29, 0.717) is 18.9 Å². The Morgan fingerprint density at radius 1 is 1.08 bits per heavy atom. The molecule has 1 aliphatic heterocycles. The van der Waals surface area contributed by atoms with Gasteiger partial charge in [0.05, 0.1) is 23.1 Å². The first-order valence-electron chi connectivity index (χ1n) is 7.36. The van der Waals surface area contributed by atoms with Crippen molar-refractivity contribution in [3.63, 3.8) is 0 Å². The molecule has 8 heteroatoms. The SMILES string of the molecule is O=S(=O)(Nc1ccc(N2CCOCC2)cc1)c1ccc(F)c(Cl)c1. The summed E-state index contributed by atoms with van der Waals surface area (Å²) in [5.74, 6) is -0.662. The minimum Gasteiger partial charge on any atom is -0.378 e. The van der Waals surface area contributed by atoms with Crippen LogP contribution < -0.4 is 9.62 Å². The van der Waals surface area contributed by atoms with Crippen LogP contribution in [0.3, 0.4) is 0 Å². The van der Waals surface area contributed by atoms with Crippen molar-refractivity contribution in [2.75, 3.05) is 35.9 Å². The van der Waals surface area contributed by atoms with Crippen molar-refractivity contribution < 1.29 is 17.5 Å². The van der Waals surface area contributed by atoms with E-state index in [2.05, 4.69) is 9.62 Å². The van der Waals surface area contributed by atoms with Crippen LogP contribution >= 0.6 is 11.6 Å². The molecule has 1 N–H and O–H groups in total. The lowest BCUT2D eigenvalue weighted by Crippen LogP contribution is -2.36. The summed E-state index contributed by atoms with van der Waals surface area (Å²) >= 11 is 5.65. The second-order valence-corrected chi connectivity index (χ2v) is 7.42. The first-order valence-corrected chi connectivity index (χ1v) is 9.22. The first-order chi connectivity index (χ1) is 11.5. The Bertz CT molecular complexity index is 822. The van der Waals surface area contributed by atoms with Crippen LogP contribution in [0.2, 0.25) is 5.02 Å². The average molecular weight is 371 g/mol. The maximum Gasteiger partial charge on any atom is 0.261 e. The van der Waals surface area contributed by atoms with Crippen LogP contribution in [0.25, 0.3) is 0 Å². The van der Waals surface area contributed by atoms with Crippen molar-refractivity contribution in [2.45, 2.75) is 4.90 Å². The summed E-state index contributed by atoms with van der Waals surface area (Å²) in [6, 6.07) is 10.4. The molecule has 3 rings (SSSR count). The minimum absolute atomic E-state index is 0.0915. The van der Waals surface area contributed by atoms with Crippen molar-refractivity contribution in [1.29, 1.82) is 0 Å². The number of anilines is 2. The Morgan fingerprint density at radius 3 is 2.38 bits per heavy atom. The van der Waals surface area contributed by atoms with E-state index in [9.17, 15) is 12.8 Å². The van der Waals surface area contributed by atoms with Crippen molar-refractivity contribution in [3.8, 4) is 0 Å². The van der Waals surface area contributed by atoms with Gasteiger partial charge in [0.15, 0.2) is 0 Å². The summed E-state index contributed by atoms with van der Waals surface area (Å²) in [5, 5.41) is -0.236. The van der Waals surface area contributed by atoms with Gasteiger partial charge in [-0.2, -0.15) is 0 Å². The highest BCUT2D eigenvalue weighted by molar-refractivity contribution is 7.92. The zero-order valence-electron chi connectivity index (χ0n) is 12.7. The third kappa shape index (κ3) is 3.80. The molecule has 0 amide bonds. The predicted octanol–water partition coefficient (Wildman–Crippen LogP) is 3.12. The third-order valence-electron chi connectivity index (χ3n) is 3.70. The lowest BCUT2D eigenvalue weighted by molar-refractivity contribution is 0.122. The number of rotatable bonds is 4. The van der Waals surface area contributed by atoms with E-state index >= 15 is 0 Å². The van der Waals surface area contributed by atoms with E-state index < -0.39 is 15.8 Å². The summed E-state index contributed by atoms with van der Waals surface area (Å²) in [5.41, 5.74) is 1.43. The number of sulfonamides is 1. The highest BCUT2D eigenvalue weighted by atomic mass is 35.5. The second-order valence-electron chi connectivity index (χ2n) is 5.33. The number of hydrogen-bond donors (Lipinski definition) is 1. The Hall–Kier alpha value is -1.83. The normalized spacial score (nSPS) is 15.3. The summed E-state index contributed by atoms with van der Waals surface area (Å²) in [7, 11) is -3.83. The number of morpholine rings is 1. The highest BCUT2D eigenvalue weighted by Crippen LogP contribution is 2.23. The van der Waals surface area contributed by atoms with Crippen LogP contribution in [0, 0.1) is 5.82 Å². The molecule has 5 nitrogen and oxygen atoms in total. The number of hydrogen-bond acceptors (Lipinski definition) is 4. The molecule has 128 valence electrons. The standard InChI is InChI=1S/C16H16ClFN2O3S/c17-15-11-14(5-6-16(15)18)24(21,22)19-12-1-3-13(4-2-12)20-7-9-23-10-8-20/h1-6,11,19H,7-10H2. The number of nitrogens with zero attached hydrogens (tertiary/aromatic N) is 1. The summed E-state index contributed by atoms with van der Waals surface area (Å²) in [6.07, 6.45) is 0. The van der Waals surface area contributed by atoms with E-state index in [-0.39, 0.29) is 9.92 Å². The van der Waals surface area contributed by atoms with Crippen LogP contribution in [-0.2, 0) is 14.8 Å². The number of ether oxygens (including phenoxy) is 1. The quantitative estimate of drug-likeness (QED) is 0.898. The maximum atomic E-state index is 13.2. The van der Waals surface area contributed by atoms with E-state index in [4.69, 9.17) is 16.3 Å². The fraction of sp³-hybridized carbons (Fsp3) is 0.250. The van der Waals surface area contributed by atoms with Gasteiger partial charge in [0.25, 0.3) is 10.0 Å². The largest absolute Gasteiger partial charge is 0.378 e. The minimum atomic E-state index is -3.83. The summed E-state index contributed by atoms with van der Waals surface area (Å²) in [4.78, 5) is 2.08. The Labute approximate surface area is 145 Å². The number of nitrogens with one attached hydrogen (secondary N) is 1. The molecule has 1 fully saturated rings. The highest BCUT2D eigenvalue weighted by Gasteiger charge is 2.17. The number of halogens is 2. The van der Waals surface area contributed by atoms with Crippen molar-refractivity contribution in [2.24, 2.45) is 0 Å². The average Bonchev–Trinajstić information content (AvgIpc) is 2.58. The van der Waals surface area contributed by atoms with Crippen LogP contribution in [0.4, 0.5) is 15.8 Å². The van der Waals surface area contributed by atoms with Gasteiger partial charge in [-0.3, -0.25) is 4.72 Å². The van der Waals surface area contributed by atoms with Gasteiger partial charge >= 0.3 is 0 Å². The Balaban J connectivity index is 1.76. The third-order valence-corrected chi connectivity index (χ3v) is 5.37. The fourth-order valence-corrected chi connectivity index (χ4v) is 3.75. The zero-order valence-corrected chi connectivity index (χ0v) is 14.3. The van der Waals surface area contributed by atoms with E-state index in [1.165, 1.54) is 6.07 Å². The molecule has 0 unspecified atom stereocenters. The lowest BCUT2D eigenvalue weighted by atomic mass is 10.2. The monoisotopic (exact) mass is 370 g/mol. The van der Waals surface area contributed by atoms with Crippen molar-refractivity contribution in [3.05, 3.63) is 53.3 Å². The van der Waals surface area contributed by atoms with Crippen LogP contribution in [0.15, 0.2) is 47.4 Å². The maximum absolute atomic E-state index is 13.2. The van der Waals surface area contributed by atoms with Gasteiger partial charge in [-0.15, -0.1) is 0 Å². The van der Waals surface area contributed by atoms with E-state index in [1.54, 1.807) is 12.1 Å². The van der Waals surface area contributed by atoms with E-state index in [0.717, 1.165) is 30.9 Å². The molecule has 1 heterocycles. The van der Waals surface area contributed by atoms with Gasteiger partial charge in [-0.05, 0) is 42.5 Å². The van der Waals surface area contributed by atoms with Crippen molar-refractivity contribution >= 4 is 33.0 Å². The fourth-order valence-electron chi connectivity index (χ4n) is 2.42. The van der Waals surface area contributed by atoms with E-state index in [1.807, 2.05) is 12.1 Å². The molecule has 0 aliphatic carbocycles. The Kier molecular flexibility index (Phi) is 4.93. The van der Waals surface area contributed by atoms with Crippen LogP contribution in [0.1, 0.15) is 0 Å². The molecule has 0 bridgehead atoms. The lowest BCUT2D eigenvalue weighted by Gasteiger charge is -2.28. The van der Waals surface area contributed by atoms with Crippen molar-refractivity contribution in [1.82, 2.24) is 0 Å². The van der Waals surface area contributed by atoms with Gasteiger partial charge in [0.1, 0.15) is 5.82 Å². The molecule has 2 aromatic carbocycles. The molecule has 0 radical (unpaired) electrons.